The number of carbonyl (C=O) groups is 1. The van der Waals surface area contributed by atoms with Crippen LogP contribution in [0.2, 0.25) is 0 Å². The number of nitrogens with zero attached hydrogens (tertiary/aromatic N) is 1. The van der Waals surface area contributed by atoms with Crippen LogP contribution in [0, 0.1) is 0 Å². The van der Waals surface area contributed by atoms with Crippen molar-refractivity contribution in [1.29, 1.82) is 0 Å². The fraction of sp³-hybridized carbons (Fsp3) is 0.500. The number of carbonyl (C=O) groups excluding carboxylic acids is 1. The van der Waals surface area contributed by atoms with E-state index in [0.29, 0.717) is 18.9 Å². The average molecular weight is 418 g/mol. The predicted octanol–water partition coefficient (Wildman–Crippen LogP) is 3.25. The molecule has 0 fully saturated rings. The topological polar surface area (TPSA) is 79.5 Å². The zero-order valence-corrected chi connectivity index (χ0v) is 15.7. The van der Waals surface area contributed by atoms with Gasteiger partial charge in [0.2, 0.25) is 5.91 Å². The number of aliphatic imine (C=N–C) groups is 1. The van der Waals surface area contributed by atoms with E-state index in [9.17, 15) is 4.79 Å². The molecule has 0 heterocycles. The van der Waals surface area contributed by atoms with Crippen LogP contribution < -0.4 is 16.4 Å². The van der Waals surface area contributed by atoms with E-state index in [0.717, 1.165) is 37.1 Å². The molecule has 1 rings (SSSR count). The lowest BCUT2D eigenvalue weighted by Crippen LogP contribution is -2.32. The van der Waals surface area contributed by atoms with Gasteiger partial charge < -0.3 is 16.4 Å². The summed E-state index contributed by atoms with van der Waals surface area (Å²) in [6.07, 6.45) is 3.61. The monoisotopic (exact) mass is 418 g/mol. The fourth-order valence-corrected chi connectivity index (χ4v) is 1.77. The van der Waals surface area contributed by atoms with Crippen molar-refractivity contribution in [3.63, 3.8) is 0 Å². The van der Waals surface area contributed by atoms with E-state index in [1.807, 2.05) is 31.2 Å². The summed E-state index contributed by atoms with van der Waals surface area (Å²) >= 11 is 0. The third-order valence-corrected chi connectivity index (χ3v) is 2.98. The number of guanidine groups is 1. The van der Waals surface area contributed by atoms with Gasteiger partial charge in [0.1, 0.15) is 0 Å². The second kappa shape index (κ2) is 12.3. The molecule has 4 N–H and O–H groups in total. The number of halogens is 1. The van der Waals surface area contributed by atoms with Crippen LogP contribution in [-0.4, -0.2) is 18.4 Å². The molecule has 6 heteroatoms. The minimum atomic E-state index is 0. The van der Waals surface area contributed by atoms with Crippen molar-refractivity contribution in [3.05, 3.63) is 29.8 Å². The molecule has 0 aromatic heterocycles. The van der Waals surface area contributed by atoms with Crippen LogP contribution >= 0.6 is 24.0 Å². The van der Waals surface area contributed by atoms with E-state index in [4.69, 9.17) is 5.73 Å². The molecule has 0 spiro atoms. The number of hydrogen-bond donors (Lipinski definition) is 3. The Hall–Kier alpha value is -1.31. The number of benzene rings is 1. The maximum Gasteiger partial charge on any atom is 0.224 e. The first-order chi connectivity index (χ1) is 10.2. The molecule has 0 radical (unpaired) electrons. The highest BCUT2D eigenvalue weighted by Crippen LogP contribution is 2.11. The molecule has 0 unspecified atom stereocenters. The molecule has 22 heavy (non-hydrogen) atoms. The van der Waals surface area contributed by atoms with Gasteiger partial charge >= 0.3 is 0 Å². The fourth-order valence-electron chi connectivity index (χ4n) is 1.77. The normalized spacial score (nSPS) is 10.7. The zero-order chi connectivity index (χ0) is 15.5. The predicted molar refractivity (Wildman–Crippen MR) is 104 cm³/mol. The van der Waals surface area contributed by atoms with E-state index in [2.05, 4.69) is 22.5 Å². The Morgan fingerprint density at radius 1 is 1.18 bits per heavy atom. The molecule has 5 nitrogen and oxygen atoms in total. The average Bonchev–Trinajstić information content (AvgIpc) is 2.47. The summed E-state index contributed by atoms with van der Waals surface area (Å²) in [4.78, 5) is 15.8. The summed E-state index contributed by atoms with van der Waals surface area (Å²) < 4.78 is 0. The maximum atomic E-state index is 11.5. The molecule has 124 valence electrons. The number of anilines is 1. The number of amides is 1. The first-order valence-corrected chi connectivity index (χ1v) is 7.58. The molecule has 0 saturated heterocycles. The third kappa shape index (κ3) is 8.86. The lowest BCUT2D eigenvalue weighted by molar-refractivity contribution is -0.116. The van der Waals surface area contributed by atoms with Crippen molar-refractivity contribution in [3.8, 4) is 0 Å². The Kier molecular flexibility index (Phi) is 11.5. The van der Waals surface area contributed by atoms with E-state index < -0.39 is 0 Å². The number of rotatable bonds is 8. The molecule has 0 bridgehead atoms. The highest BCUT2D eigenvalue weighted by atomic mass is 127. The zero-order valence-electron chi connectivity index (χ0n) is 13.4. The van der Waals surface area contributed by atoms with E-state index in [1.165, 1.54) is 0 Å². The Bertz CT molecular complexity index is 460. The molecule has 1 aromatic rings. The molecular formula is C16H27IN4O. The van der Waals surface area contributed by atoms with Gasteiger partial charge in [-0.2, -0.15) is 0 Å². The Morgan fingerprint density at radius 2 is 1.86 bits per heavy atom. The van der Waals surface area contributed by atoms with Crippen molar-refractivity contribution in [2.75, 3.05) is 11.9 Å². The number of unbranched alkanes of at least 4 members (excludes halogenated alkanes) is 1. The van der Waals surface area contributed by atoms with Crippen LogP contribution in [-0.2, 0) is 11.3 Å². The first-order valence-electron chi connectivity index (χ1n) is 7.58. The molecular weight excluding hydrogens is 391 g/mol. The van der Waals surface area contributed by atoms with Crippen LogP contribution in [0.4, 0.5) is 5.69 Å². The largest absolute Gasteiger partial charge is 0.370 e. The van der Waals surface area contributed by atoms with Gasteiger partial charge in [0.15, 0.2) is 5.96 Å². The van der Waals surface area contributed by atoms with Gasteiger partial charge in [-0.25, -0.2) is 4.99 Å². The number of nitrogens with one attached hydrogen (secondary N) is 2. The number of nitrogens with two attached hydrogens (primary N) is 1. The van der Waals surface area contributed by atoms with Gasteiger partial charge in [-0.1, -0.05) is 32.4 Å². The van der Waals surface area contributed by atoms with Crippen LogP contribution in [0.1, 0.15) is 45.1 Å². The summed E-state index contributed by atoms with van der Waals surface area (Å²) in [5, 5.41) is 5.93. The SMILES string of the molecule is CCCCNC(N)=NCc1ccc(NC(=O)CCC)cc1.I. The first kappa shape index (κ1) is 20.7. The van der Waals surface area contributed by atoms with Gasteiger partial charge in [-0.05, 0) is 30.5 Å². The van der Waals surface area contributed by atoms with Crippen LogP contribution in [0.25, 0.3) is 0 Å². The Morgan fingerprint density at radius 3 is 2.45 bits per heavy atom. The quantitative estimate of drug-likeness (QED) is 0.263. The summed E-state index contributed by atoms with van der Waals surface area (Å²) in [6, 6.07) is 7.67. The van der Waals surface area contributed by atoms with Crippen molar-refractivity contribution >= 4 is 41.5 Å². The smallest absolute Gasteiger partial charge is 0.224 e. The summed E-state index contributed by atoms with van der Waals surface area (Å²) in [5.74, 6) is 0.524. The second-order valence-electron chi connectivity index (χ2n) is 4.98. The minimum Gasteiger partial charge on any atom is -0.370 e. The molecule has 1 amide bonds. The lowest BCUT2D eigenvalue weighted by Gasteiger charge is -2.06. The van der Waals surface area contributed by atoms with Crippen molar-refractivity contribution in [2.45, 2.75) is 46.1 Å². The minimum absolute atomic E-state index is 0. The molecule has 0 aliphatic carbocycles. The van der Waals surface area contributed by atoms with E-state index in [1.54, 1.807) is 0 Å². The molecule has 0 saturated carbocycles. The van der Waals surface area contributed by atoms with Gasteiger partial charge in [0, 0.05) is 18.7 Å². The summed E-state index contributed by atoms with van der Waals surface area (Å²) in [7, 11) is 0. The second-order valence-corrected chi connectivity index (χ2v) is 4.98. The van der Waals surface area contributed by atoms with Crippen LogP contribution in [0.5, 0.6) is 0 Å². The third-order valence-electron chi connectivity index (χ3n) is 2.98. The molecule has 0 aliphatic rings. The highest BCUT2D eigenvalue weighted by molar-refractivity contribution is 14.0. The van der Waals surface area contributed by atoms with Crippen molar-refractivity contribution in [1.82, 2.24) is 5.32 Å². The van der Waals surface area contributed by atoms with Gasteiger partial charge in [0.05, 0.1) is 6.54 Å². The Balaban J connectivity index is 0.00000441. The summed E-state index contributed by atoms with van der Waals surface area (Å²) in [6.45, 7) is 5.51. The molecule has 0 aliphatic heterocycles. The standard InChI is InChI=1S/C16H26N4O.HI/c1-3-5-11-18-16(17)19-12-13-7-9-14(10-8-13)20-15(21)6-4-2;/h7-10H,3-6,11-12H2,1-2H3,(H,20,21)(H3,17,18,19);1H. The van der Waals surface area contributed by atoms with Gasteiger partial charge in [-0.3, -0.25) is 4.79 Å². The van der Waals surface area contributed by atoms with E-state index in [-0.39, 0.29) is 29.9 Å². The van der Waals surface area contributed by atoms with Gasteiger partial charge in [-0.15, -0.1) is 24.0 Å². The maximum absolute atomic E-state index is 11.5. The molecule has 0 atom stereocenters. The molecule has 1 aromatic carbocycles. The van der Waals surface area contributed by atoms with Crippen LogP contribution in [0.3, 0.4) is 0 Å². The summed E-state index contributed by atoms with van der Waals surface area (Å²) in [5.41, 5.74) is 7.65. The van der Waals surface area contributed by atoms with Crippen LogP contribution in [0.15, 0.2) is 29.3 Å². The highest BCUT2D eigenvalue weighted by Gasteiger charge is 2.00. The Labute approximate surface area is 150 Å². The van der Waals surface area contributed by atoms with E-state index >= 15 is 0 Å². The van der Waals surface area contributed by atoms with Crippen molar-refractivity contribution in [2.24, 2.45) is 10.7 Å². The van der Waals surface area contributed by atoms with Crippen molar-refractivity contribution < 1.29 is 4.79 Å². The number of hydrogen-bond acceptors (Lipinski definition) is 2. The lowest BCUT2D eigenvalue weighted by atomic mass is 10.2. The van der Waals surface area contributed by atoms with Gasteiger partial charge in [0.25, 0.3) is 0 Å².